The van der Waals surface area contributed by atoms with Crippen molar-refractivity contribution in [1.82, 2.24) is 4.90 Å². The Morgan fingerprint density at radius 1 is 0.897 bits per heavy atom. The first-order valence-corrected chi connectivity index (χ1v) is 13.5. The lowest BCUT2D eigenvalue weighted by molar-refractivity contribution is -0.117. The Labute approximate surface area is 232 Å². The molecule has 4 rings (SSSR count). The second kappa shape index (κ2) is 16.0. The van der Waals surface area contributed by atoms with Crippen LogP contribution in [0.25, 0.3) is 0 Å². The molecule has 0 fully saturated rings. The van der Waals surface area contributed by atoms with Crippen molar-refractivity contribution in [2.24, 2.45) is 5.73 Å². The largest absolute Gasteiger partial charge is 0.493 e. The van der Waals surface area contributed by atoms with Gasteiger partial charge in [0.05, 0.1) is 32.9 Å². The molecule has 0 unspecified atom stereocenters. The fraction of sp³-hybridized carbons (Fsp3) is 0.303. The minimum absolute atomic E-state index is 0.164. The third kappa shape index (κ3) is 9.34. The summed E-state index contributed by atoms with van der Waals surface area (Å²) >= 11 is 0. The average Bonchev–Trinajstić information content (AvgIpc) is 3.49. The molecular formula is C33H40N2O4. The maximum absolute atomic E-state index is 11.3. The highest BCUT2D eigenvalue weighted by atomic mass is 16.5. The monoisotopic (exact) mass is 528 g/mol. The highest BCUT2D eigenvalue weighted by Crippen LogP contribution is 2.29. The number of methoxy groups -OCH3 is 1. The van der Waals surface area contributed by atoms with Crippen LogP contribution in [0.1, 0.15) is 48.6 Å². The number of nitrogens with zero attached hydrogens (tertiary/aromatic N) is 1. The molecule has 0 saturated carbocycles. The van der Waals surface area contributed by atoms with E-state index in [2.05, 4.69) is 65.6 Å². The number of primary amides is 1. The van der Waals surface area contributed by atoms with Gasteiger partial charge in [0.1, 0.15) is 5.76 Å². The third-order valence-electron chi connectivity index (χ3n) is 6.29. The summed E-state index contributed by atoms with van der Waals surface area (Å²) in [4.78, 5) is 13.7. The summed E-state index contributed by atoms with van der Waals surface area (Å²) in [6.07, 6.45) is 2.69. The minimum atomic E-state index is -0.379. The predicted molar refractivity (Wildman–Crippen MR) is 156 cm³/mol. The molecule has 0 atom stereocenters. The first-order chi connectivity index (χ1) is 19.1. The molecule has 6 nitrogen and oxygen atoms in total. The lowest BCUT2D eigenvalue weighted by Crippen LogP contribution is -2.30. The van der Waals surface area contributed by atoms with Crippen molar-refractivity contribution in [3.05, 3.63) is 120 Å². The molecule has 0 saturated heterocycles. The van der Waals surface area contributed by atoms with Crippen LogP contribution in [0.5, 0.6) is 11.5 Å². The van der Waals surface area contributed by atoms with Gasteiger partial charge in [-0.3, -0.25) is 9.69 Å². The van der Waals surface area contributed by atoms with Gasteiger partial charge in [-0.25, -0.2) is 0 Å². The van der Waals surface area contributed by atoms with Crippen molar-refractivity contribution in [2.75, 3.05) is 26.8 Å². The quantitative estimate of drug-likeness (QED) is 0.190. The molecule has 0 aliphatic carbocycles. The Balaban J connectivity index is 0.00000205. The summed E-state index contributed by atoms with van der Waals surface area (Å²) < 4.78 is 17.2. The van der Waals surface area contributed by atoms with E-state index in [9.17, 15) is 4.79 Å². The number of benzene rings is 3. The molecule has 0 radical (unpaired) electrons. The van der Waals surface area contributed by atoms with Gasteiger partial charge in [-0.1, -0.05) is 80.6 Å². The predicted octanol–water partition coefficient (Wildman–Crippen LogP) is 6.45. The molecule has 4 aromatic rings. The molecule has 0 aliphatic heterocycles. The van der Waals surface area contributed by atoms with Crippen molar-refractivity contribution < 1.29 is 18.7 Å². The van der Waals surface area contributed by atoms with Gasteiger partial charge in [0, 0.05) is 19.0 Å². The Morgan fingerprint density at radius 2 is 1.56 bits per heavy atom. The number of ether oxygens (including phenoxy) is 2. The maximum atomic E-state index is 11.3. The zero-order valence-corrected chi connectivity index (χ0v) is 23.2. The fourth-order valence-corrected chi connectivity index (χ4v) is 4.51. The van der Waals surface area contributed by atoms with Gasteiger partial charge >= 0.3 is 0 Å². The first kappa shape index (κ1) is 29.5. The fourth-order valence-electron chi connectivity index (χ4n) is 4.51. The second-order valence-corrected chi connectivity index (χ2v) is 9.02. The molecule has 0 bridgehead atoms. The lowest BCUT2D eigenvalue weighted by atomic mass is 9.90. The molecular weight excluding hydrogens is 488 g/mol. The van der Waals surface area contributed by atoms with Crippen LogP contribution in [0.2, 0.25) is 0 Å². The molecule has 39 heavy (non-hydrogen) atoms. The summed E-state index contributed by atoms with van der Waals surface area (Å²) in [6, 6.07) is 30.6. The van der Waals surface area contributed by atoms with Gasteiger partial charge < -0.3 is 19.6 Å². The van der Waals surface area contributed by atoms with Gasteiger partial charge in [0.15, 0.2) is 11.5 Å². The van der Waals surface area contributed by atoms with Crippen LogP contribution in [-0.2, 0) is 17.8 Å². The molecule has 1 heterocycles. The van der Waals surface area contributed by atoms with Crippen LogP contribution < -0.4 is 15.2 Å². The van der Waals surface area contributed by atoms with Gasteiger partial charge in [-0.15, -0.1) is 0 Å². The topological polar surface area (TPSA) is 77.9 Å². The molecule has 1 aromatic heterocycles. The SMILES string of the molecule is CC.COc1ccc(CC(N)=O)cc1OCCCN(Cc1ccco1)CC(c1ccccc1)c1ccccc1. The maximum Gasteiger partial charge on any atom is 0.221 e. The number of rotatable bonds is 14. The van der Waals surface area contributed by atoms with E-state index in [1.54, 1.807) is 19.4 Å². The summed E-state index contributed by atoms with van der Waals surface area (Å²) in [6.45, 7) is 6.87. The van der Waals surface area contributed by atoms with E-state index in [1.807, 2.05) is 38.1 Å². The van der Waals surface area contributed by atoms with Crippen molar-refractivity contribution in [2.45, 2.75) is 39.2 Å². The number of furan rings is 1. The molecule has 1 amide bonds. The number of carbonyl (C=O) groups excluding carboxylic acids is 1. The van der Waals surface area contributed by atoms with Crippen LogP contribution in [0.3, 0.4) is 0 Å². The van der Waals surface area contributed by atoms with E-state index in [4.69, 9.17) is 19.6 Å². The zero-order chi connectivity index (χ0) is 27.9. The molecule has 0 spiro atoms. The Morgan fingerprint density at radius 3 is 2.13 bits per heavy atom. The van der Waals surface area contributed by atoms with E-state index in [0.717, 1.165) is 30.8 Å². The van der Waals surface area contributed by atoms with Crippen LogP contribution >= 0.6 is 0 Å². The zero-order valence-electron chi connectivity index (χ0n) is 23.2. The standard InChI is InChI=1S/C31H34N2O4.C2H6/c1-35-29-16-15-24(21-31(32)34)20-30(29)37-19-9-17-33(22-27-14-8-18-36-27)23-28(25-10-4-2-5-11-25)26-12-6-3-7-13-26;1-2/h2-8,10-16,18,20,28H,9,17,19,21-23H2,1H3,(H2,32,34);1-2H3. The van der Waals surface area contributed by atoms with Gasteiger partial charge in [0.25, 0.3) is 0 Å². The van der Waals surface area contributed by atoms with E-state index >= 15 is 0 Å². The summed E-state index contributed by atoms with van der Waals surface area (Å²) in [5.74, 6) is 2.03. The van der Waals surface area contributed by atoms with E-state index in [0.29, 0.717) is 24.7 Å². The molecule has 2 N–H and O–H groups in total. The van der Waals surface area contributed by atoms with Crippen molar-refractivity contribution in [3.8, 4) is 11.5 Å². The molecule has 0 aliphatic rings. The molecule has 206 valence electrons. The van der Waals surface area contributed by atoms with E-state index < -0.39 is 0 Å². The highest BCUT2D eigenvalue weighted by molar-refractivity contribution is 5.76. The second-order valence-electron chi connectivity index (χ2n) is 9.02. The first-order valence-electron chi connectivity index (χ1n) is 13.5. The number of carbonyl (C=O) groups is 1. The van der Waals surface area contributed by atoms with Gasteiger partial charge in [-0.2, -0.15) is 0 Å². The number of hydrogen-bond acceptors (Lipinski definition) is 5. The third-order valence-corrected chi connectivity index (χ3v) is 6.29. The number of amides is 1. The Kier molecular flexibility index (Phi) is 12.1. The van der Waals surface area contributed by atoms with Crippen molar-refractivity contribution >= 4 is 5.91 Å². The van der Waals surface area contributed by atoms with E-state index in [-0.39, 0.29) is 18.2 Å². The highest BCUT2D eigenvalue weighted by Gasteiger charge is 2.19. The number of hydrogen-bond donors (Lipinski definition) is 1. The normalized spacial score (nSPS) is 10.7. The van der Waals surface area contributed by atoms with Gasteiger partial charge in [0.2, 0.25) is 5.91 Å². The van der Waals surface area contributed by atoms with Crippen molar-refractivity contribution in [3.63, 3.8) is 0 Å². The Hall–Kier alpha value is -4.03. The smallest absolute Gasteiger partial charge is 0.221 e. The summed E-state index contributed by atoms with van der Waals surface area (Å²) in [5.41, 5.74) is 8.72. The van der Waals surface area contributed by atoms with Gasteiger partial charge in [-0.05, 0) is 47.4 Å². The summed E-state index contributed by atoms with van der Waals surface area (Å²) in [5, 5.41) is 0. The molecule has 6 heteroatoms. The van der Waals surface area contributed by atoms with Crippen LogP contribution in [-0.4, -0.2) is 37.6 Å². The molecule has 3 aromatic carbocycles. The Bertz CT molecular complexity index is 1190. The number of nitrogens with two attached hydrogens (primary N) is 1. The van der Waals surface area contributed by atoms with Crippen LogP contribution in [0, 0.1) is 0 Å². The van der Waals surface area contributed by atoms with Crippen LogP contribution in [0.15, 0.2) is 102 Å². The lowest BCUT2D eigenvalue weighted by Gasteiger charge is -2.28. The average molecular weight is 529 g/mol. The van der Waals surface area contributed by atoms with Crippen molar-refractivity contribution in [1.29, 1.82) is 0 Å². The minimum Gasteiger partial charge on any atom is -0.493 e. The summed E-state index contributed by atoms with van der Waals surface area (Å²) in [7, 11) is 1.61. The van der Waals surface area contributed by atoms with E-state index in [1.165, 1.54) is 11.1 Å². The van der Waals surface area contributed by atoms with Crippen LogP contribution in [0.4, 0.5) is 0 Å².